The molecule has 15 atom stereocenters. The first kappa shape index (κ1) is 107. The lowest BCUT2D eigenvalue weighted by Crippen LogP contribution is -2.61. The molecule has 139 heavy (non-hydrogen) atoms. The van der Waals surface area contributed by atoms with E-state index in [0.29, 0.717) is 108 Å². The van der Waals surface area contributed by atoms with Crippen LogP contribution >= 0.6 is 0 Å². The molecule has 6 aromatic rings. The Labute approximate surface area is 815 Å². The fraction of sp³-hybridized carbons (Fsp3) is 0.558. The molecule has 3 aromatic carbocycles. The summed E-state index contributed by atoms with van der Waals surface area (Å²) >= 11 is 0. The van der Waals surface area contributed by atoms with Crippen molar-refractivity contribution in [2.24, 2.45) is 40.2 Å². The van der Waals surface area contributed by atoms with Gasteiger partial charge < -0.3 is 60.0 Å². The van der Waals surface area contributed by atoms with Gasteiger partial charge in [0.1, 0.15) is 49.0 Å². The zero-order valence-corrected chi connectivity index (χ0v) is 83.7. The van der Waals surface area contributed by atoms with Gasteiger partial charge in [-0.05, 0) is 254 Å². The van der Waals surface area contributed by atoms with E-state index in [1.807, 2.05) is 158 Å². The molecule has 4 saturated heterocycles. The summed E-state index contributed by atoms with van der Waals surface area (Å²) in [6.45, 7) is 34.1. The number of hydrogen-bond donors (Lipinski definition) is 8. The number of morpholine rings is 1. The first-order chi connectivity index (χ1) is 66.2. The summed E-state index contributed by atoms with van der Waals surface area (Å²) in [5.41, 5.74) is 14.3. The summed E-state index contributed by atoms with van der Waals surface area (Å²) in [4.78, 5) is 184. The Morgan fingerprint density at radius 1 is 0.496 bits per heavy atom. The highest BCUT2D eigenvalue weighted by Crippen LogP contribution is 2.32. The SMILES string of the molecule is C/C(CC[C@@H]1C/C=C/c2cc3cc(ccc3cn2)[C@@H](C)NC(=O)[C@@H]2CCCN(N2)C(=O)[C@H](C)NC(=O)[C@H](C(C)C)OC1=O)=N/OCCN1CCOCC1.CC(C)[C@@H]1OC(=O)C(C)(C)/C=C/c2ccc3ccc(nc3c2)[C@@H](C)OC(=O)[C@@H]2CCCN(N2)C(=O)[C@H](C)NC1=O.CC(C)[C@@H]1OC(=O)[C@H](CCC(C)N(C)C)C/C=C/c2cc3cc(ccc3cn2)[C@@H](C)NC(=O)[C@@H]2CCCN(N2)C(=O)[C@H](C)NC1=O. The van der Waals surface area contributed by atoms with Gasteiger partial charge in [-0.3, -0.25) is 87.4 Å². The van der Waals surface area contributed by atoms with Crippen LogP contribution in [0.4, 0.5) is 0 Å². The number of cyclic esters (lactones) is 4. The molecule has 35 nitrogen and oxygen atoms in total. The number of esters is 4. The highest BCUT2D eigenvalue weighted by molar-refractivity contribution is 5.95. The Kier molecular flexibility index (Phi) is 38.8. The van der Waals surface area contributed by atoms with Crippen LogP contribution in [-0.2, 0) is 86.1 Å². The largest absolute Gasteiger partial charge is 0.455 e. The first-order valence-corrected chi connectivity index (χ1v) is 49.1. The van der Waals surface area contributed by atoms with Crippen LogP contribution < -0.4 is 42.9 Å². The van der Waals surface area contributed by atoms with Crippen LogP contribution in [0.25, 0.3) is 50.7 Å². The molecule has 1 unspecified atom stereocenters. The quantitative estimate of drug-likeness (QED) is 0.0165. The van der Waals surface area contributed by atoms with Crippen molar-refractivity contribution in [1.82, 2.24) is 82.6 Å². The zero-order chi connectivity index (χ0) is 101. The summed E-state index contributed by atoms with van der Waals surface area (Å²) in [5, 5.41) is 27.6. The molecule has 7 aliphatic heterocycles. The van der Waals surface area contributed by atoms with Gasteiger partial charge in [-0.25, -0.2) is 21.3 Å². The number of rotatable bonds is 14. The van der Waals surface area contributed by atoms with Crippen molar-refractivity contribution < 1.29 is 86.1 Å². The van der Waals surface area contributed by atoms with E-state index in [-0.39, 0.29) is 59.5 Å². The van der Waals surface area contributed by atoms with E-state index in [1.165, 1.54) is 15.0 Å². The van der Waals surface area contributed by atoms with E-state index < -0.39 is 125 Å². The Balaban J connectivity index is 0.000000202. The minimum atomic E-state index is -1.12. The number of ether oxygens (including phenoxy) is 5. The molecule has 4 fully saturated rings. The third kappa shape index (κ3) is 30.3. The maximum Gasteiger partial charge on any atom is 0.325 e. The topological polar surface area (TPSA) is 424 Å². The van der Waals surface area contributed by atoms with Gasteiger partial charge in [-0.1, -0.05) is 113 Å². The minimum Gasteiger partial charge on any atom is -0.455 e. The van der Waals surface area contributed by atoms with Gasteiger partial charge in [0.05, 0.1) is 70.9 Å². The average molecular weight is 1920 g/mol. The first-order valence-electron chi connectivity index (χ1n) is 49.1. The fourth-order valence-electron chi connectivity index (χ4n) is 17.0. The number of hydrazine groups is 3. The van der Waals surface area contributed by atoms with E-state index in [9.17, 15) is 57.5 Å². The van der Waals surface area contributed by atoms with Crippen LogP contribution in [-0.4, -0.2) is 250 Å². The second kappa shape index (κ2) is 50.2. The predicted molar refractivity (Wildman–Crippen MR) is 528 cm³/mol. The van der Waals surface area contributed by atoms with Crippen molar-refractivity contribution in [1.29, 1.82) is 0 Å². The molecule has 10 heterocycles. The number of pyridine rings is 3. The van der Waals surface area contributed by atoms with Crippen molar-refractivity contribution >= 4 is 128 Å². The highest BCUT2D eigenvalue weighted by atomic mass is 16.6. The number of benzene rings is 3. The van der Waals surface area contributed by atoms with Gasteiger partial charge >= 0.3 is 23.9 Å². The van der Waals surface area contributed by atoms with Gasteiger partial charge in [-0.2, -0.15) is 0 Å². The lowest BCUT2D eigenvalue weighted by molar-refractivity contribution is -0.165. The zero-order valence-electron chi connectivity index (χ0n) is 83.7. The van der Waals surface area contributed by atoms with Crippen molar-refractivity contribution in [3.8, 4) is 0 Å². The summed E-state index contributed by atoms with van der Waals surface area (Å²) in [6, 6.07) is 20.5. The number of allylic oxidation sites excluding steroid dienone is 2. The summed E-state index contributed by atoms with van der Waals surface area (Å²) in [6.07, 6.45) is 17.4. The number of aromatic nitrogens is 3. The number of carbonyl (C=O) groups excluding carboxylic acids is 12. The standard InChI is InChI=1S/C39H55N7O7.C35H50N6O5.C30H38N4O6/c1-25(2)35-37(48)42-28(5)38(49)46-15-7-10-34(43-46)36(47)41-27(4)30-13-14-31-24-40-33(23-32(31)22-30)9-6-8-29(39(50)53-35)12-11-26(3)44-52-21-18-45-16-19-51-20-17-45;1-21(2)31-33(43)38-24(5)34(44)41-17-9-12-30(39-41)32(42)37-23(4)26-15-16-27-20-36-29(19-28(27)18-26)11-8-10-25(35(45)46-31)14-13-22(3)40(6)7;1-17(2)25-26(35)31-18(3)27(36)34-15-7-8-23(33-34)28(37)39-19(4)22-12-11-21-10-9-20(16-24(21)32-22)13-14-30(5,6)29(38)40-25/h6,9,13-14,22-25,27-29,34-35,43H,7-8,10-12,15-21H2,1-5H3,(H,41,47)(H,42,48);8,11,15-16,18-25,30-31,39H,9-10,12-14,17H2,1-7H3,(H,37,42)(H,38,43);9-14,16-19,23,25,33H,7-8,15H2,1-6H3,(H,31,35)/b9-6+,44-26-;11-8+;14-13+/t27-,28+,29+,34+,35+;22?,23-,24+,25+,30+,31+;18-,19+,23-,25-/m110/s1. The van der Waals surface area contributed by atoms with Crippen LogP contribution in [0.1, 0.15) is 240 Å². The summed E-state index contributed by atoms with van der Waals surface area (Å²) in [7, 11) is 4.01. The van der Waals surface area contributed by atoms with E-state index in [1.54, 1.807) is 81.5 Å². The third-order valence-corrected chi connectivity index (χ3v) is 26.3. The lowest BCUT2D eigenvalue weighted by atomic mass is 9.92. The van der Waals surface area contributed by atoms with E-state index in [2.05, 4.69) is 80.8 Å². The highest BCUT2D eigenvalue weighted by Gasteiger charge is 2.41. The van der Waals surface area contributed by atoms with E-state index in [0.717, 1.165) is 100.0 Å². The van der Waals surface area contributed by atoms with Gasteiger partial charge in [0, 0.05) is 73.9 Å². The Bertz CT molecular complexity index is 5480. The normalized spacial score (nSPS) is 26.8. The van der Waals surface area contributed by atoms with Crippen molar-refractivity contribution in [2.45, 2.75) is 267 Å². The van der Waals surface area contributed by atoms with Gasteiger partial charge in [-0.15, -0.1) is 0 Å². The molecule has 3 aromatic heterocycles. The predicted octanol–water partition coefficient (Wildman–Crippen LogP) is 10.7. The average Bonchev–Trinajstić information content (AvgIpc) is 1.55. The van der Waals surface area contributed by atoms with Gasteiger partial charge in [0.25, 0.3) is 35.4 Å². The Hall–Kier alpha value is -12.0. The number of carbonyl (C=O) groups is 12. The maximum absolute atomic E-state index is 13.8. The Morgan fingerprint density at radius 2 is 0.942 bits per heavy atom. The summed E-state index contributed by atoms with van der Waals surface area (Å²) in [5.74, 6) is -7.28. The molecule has 15 bridgehead atoms. The number of oxime groups is 1. The van der Waals surface area contributed by atoms with Gasteiger partial charge in [0.2, 0.25) is 11.8 Å². The smallest absolute Gasteiger partial charge is 0.325 e. The number of hydrogen-bond acceptors (Lipinski definition) is 27. The second-order valence-corrected chi connectivity index (χ2v) is 39.3. The lowest BCUT2D eigenvalue weighted by Gasteiger charge is -2.35. The molecular weight excluding hydrogens is 1780 g/mol. The number of fused-ring (bicyclic) bond motifs is 12. The number of nitrogens with zero attached hydrogens (tertiary/aromatic N) is 9. The molecule has 8 amide bonds. The van der Waals surface area contributed by atoms with Crippen molar-refractivity contribution in [3.63, 3.8) is 0 Å². The Morgan fingerprint density at radius 3 is 1.42 bits per heavy atom. The fourth-order valence-corrected chi connectivity index (χ4v) is 17.0. The number of nitrogens with one attached hydrogen (secondary N) is 8. The molecule has 7 aliphatic rings. The minimum absolute atomic E-state index is 0.205. The molecule has 0 aliphatic carbocycles. The second-order valence-electron chi connectivity index (χ2n) is 39.3. The van der Waals surface area contributed by atoms with E-state index in [4.69, 9.17) is 33.5 Å². The molecule has 0 spiro atoms. The van der Waals surface area contributed by atoms with Crippen LogP contribution in [0.5, 0.6) is 0 Å². The van der Waals surface area contributed by atoms with Crippen molar-refractivity contribution in [3.05, 3.63) is 143 Å². The molecule has 13 rings (SSSR count). The molecule has 8 N–H and O–H groups in total. The molecule has 35 heteroatoms. The molecular formula is C104H143N17O18. The van der Waals surface area contributed by atoms with Crippen LogP contribution in [0.15, 0.2) is 115 Å². The maximum atomic E-state index is 13.8. The van der Waals surface area contributed by atoms with Crippen LogP contribution in [0.2, 0.25) is 0 Å². The molecule has 0 saturated carbocycles. The van der Waals surface area contributed by atoms with E-state index >= 15 is 0 Å². The number of amides is 8. The summed E-state index contributed by atoms with van der Waals surface area (Å²) < 4.78 is 28.6. The third-order valence-electron chi connectivity index (χ3n) is 26.3. The van der Waals surface area contributed by atoms with Crippen molar-refractivity contribution in [2.75, 3.05) is 73.2 Å². The van der Waals surface area contributed by atoms with Crippen LogP contribution in [0.3, 0.4) is 0 Å². The monoisotopic (exact) mass is 1920 g/mol. The van der Waals surface area contributed by atoms with Crippen LogP contribution in [0, 0.1) is 35.0 Å². The van der Waals surface area contributed by atoms with Gasteiger partial charge in [0.15, 0.2) is 18.3 Å². The molecule has 752 valence electrons. The molecule has 0 radical (unpaired) electrons.